The smallest absolute Gasteiger partial charge is 0.141 e. The van der Waals surface area contributed by atoms with Gasteiger partial charge in [-0.2, -0.15) is 0 Å². The standard InChI is InChI=1S/C16H26N4S/c1-11(2)9-13-10-21-16-14(13)15(17-12(3)18-16)20(6)8-7-19(4)5/h10-11H,7-9H2,1-6H3. The van der Waals surface area contributed by atoms with Crippen molar-refractivity contribution < 1.29 is 0 Å². The Bertz CT molecular complexity index is 604. The zero-order valence-corrected chi connectivity index (χ0v) is 14.8. The van der Waals surface area contributed by atoms with Gasteiger partial charge in [-0.25, -0.2) is 9.97 Å². The molecule has 5 heteroatoms. The van der Waals surface area contributed by atoms with Crippen molar-refractivity contribution >= 4 is 27.4 Å². The number of thiophene rings is 1. The van der Waals surface area contributed by atoms with Crippen LogP contribution in [0, 0.1) is 12.8 Å². The molecule has 0 unspecified atom stereocenters. The molecule has 0 radical (unpaired) electrons. The fraction of sp³-hybridized carbons (Fsp3) is 0.625. The van der Waals surface area contributed by atoms with E-state index in [1.54, 1.807) is 11.3 Å². The number of likely N-dealkylation sites (N-methyl/N-ethyl adjacent to an activating group) is 2. The molecular formula is C16H26N4S. The molecule has 0 atom stereocenters. The van der Waals surface area contributed by atoms with Gasteiger partial charge < -0.3 is 9.80 Å². The van der Waals surface area contributed by atoms with Gasteiger partial charge in [0.1, 0.15) is 16.5 Å². The largest absolute Gasteiger partial charge is 0.358 e. The van der Waals surface area contributed by atoms with Crippen molar-refractivity contribution in [2.45, 2.75) is 27.2 Å². The van der Waals surface area contributed by atoms with Gasteiger partial charge >= 0.3 is 0 Å². The maximum atomic E-state index is 4.72. The van der Waals surface area contributed by atoms with Crippen LogP contribution in [-0.2, 0) is 6.42 Å². The SMILES string of the molecule is Cc1nc(N(C)CCN(C)C)c2c(CC(C)C)csc2n1. The number of anilines is 1. The molecule has 116 valence electrons. The molecule has 2 aromatic rings. The molecule has 0 bridgehead atoms. The molecule has 0 fully saturated rings. The van der Waals surface area contributed by atoms with E-state index in [1.165, 1.54) is 10.9 Å². The Morgan fingerprint density at radius 2 is 1.86 bits per heavy atom. The summed E-state index contributed by atoms with van der Waals surface area (Å²) < 4.78 is 0. The Labute approximate surface area is 131 Å². The lowest BCUT2D eigenvalue weighted by Gasteiger charge is -2.22. The van der Waals surface area contributed by atoms with E-state index in [0.29, 0.717) is 5.92 Å². The maximum Gasteiger partial charge on any atom is 0.141 e. The van der Waals surface area contributed by atoms with Crippen LogP contribution < -0.4 is 4.90 Å². The molecule has 0 saturated carbocycles. The van der Waals surface area contributed by atoms with Crippen LogP contribution in [0.3, 0.4) is 0 Å². The minimum absolute atomic E-state index is 0.643. The van der Waals surface area contributed by atoms with Crippen molar-refractivity contribution in [2.24, 2.45) is 5.92 Å². The fourth-order valence-electron chi connectivity index (χ4n) is 2.41. The lowest BCUT2D eigenvalue weighted by Crippen LogP contribution is -2.29. The maximum absolute atomic E-state index is 4.72. The Hall–Kier alpha value is -1.20. The van der Waals surface area contributed by atoms with Crippen LogP contribution >= 0.6 is 11.3 Å². The van der Waals surface area contributed by atoms with Crippen LogP contribution in [0.4, 0.5) is 5.82 Å². The average Bonchev–Trinajstić information content (AvgIpc) is 2.77. The van der Waals surface area contributed by atoms with Crippen molar-refractivity contribution in [3.05, 3.63) is 16.8 Å². The Morgan fingerprint density at radius 3 is 2.48 bits per heavy atom. The molecule has 0 N–H and O–H groups in total. The Balaban J connectivity index is 2.42. The first kappa shape index (κ1) is 16.2. The second-order valence-electron chi connectivity index (χ2n) is 6.36. The predicted octanol–water partition coefficient (Wildman–Crippen LogP) is 3.20. The topological polar surface area (TPSA) is 32.3 Å². The van der Waals surface area contributed by atoms with Gasteiger partial charge in [0.05, 0.1) is 5.39 Å². The van der Waals surface area contributed by atoms with Gasteiger partial charge in [-0.1, -0.05) is 13.8 Å². The van der Waals surface area contributed by atoms with Crippen LogP contribution in [0.25, 0.3) is 10.2 Å². The number of fused-ring (bicyclic) bond motifs is 1. The zero-order valence-electron chi connectivity index (χ0n) is 14.0. The van der Waals surface area contributed by atoms with Crippen LogP contribution in [0.2, 0.25) is 0 Å². The predicted molar refractivity (Wildman–Crippen MR) is 92.5 cm³/mol. The van der Waals surface area contributed by atoms with E-state index >= 15 is 0 Å². The summed E-state index contributed by atoms with van der Waals surface area (Å²) in [5, 5.41) is 3.50. The number of nitrogens with zero attached hydrogens (tertiary/aromatic N) is 4. The average molecular weight is 306 g/mol. The lowest BCUT2D eigenvalue weighted by atomic mass is 10.0. The second kappa shape index (κ2) is 6.71. The van der Waals surface area contributed by atoms with Gasteiger partial charge in [0.25, 0.3) is 0 Å². The highest BCUT2D eigenvalue weighted by Gasteiger charge is 2.16. The first-order valence-corrected chi connectivity index (χ1v) is 8.37. The molecule has 2 heterocycles. The number of rotatable bonds is 6. The molecule has 4 nitrogen and oxygen atoms in total. The normalized spacial score (nSPS) is 11.8. The molecule has 0 aliphatic heterocycles. The van der Waals surface area contributed by atoms with E-state index in [4.69, 9.17) is 4.98 Å². The number of aromatic nitrogens is 2. The summed E-state index contributed by atoms with van der Waals surface area (Å²) in [6, 6.07) is 0. The summed E-state index contributed by atoms with van der Waals surface area (Å²) in [4.78, 5) is 14.9. The lowest BCUT2D eigenvalue weighted by molar-refractivity contribution is 0.416. The van der Waals surface area contributed by atoms with Crippen molar-refractivity contribution in [3.63, 3.8) is 0 Å². The Morgan fingerprint density at radius 1 is 1.14 bits per heavy atom. The highest BCUT2D eigenvalue weighted by Crippen LogP contribution is 2.33. The molecular weight excluding hydrogens is 280 g/mol. The highest BCUT2D eigenvalue weighted by molar-refractivity contribution is 7.17. The fourth-order valence-corrected chi connectivity index (χ4v) is 3.40. The van der Waals surface area contributed by atoms with Gasteiger partial charge in [0.15, 0.2) is 0 Å². The van der Waals surface area contributed by atoms with Gasteiger partial charge in [-0.05, 0) is 44.3 Å². The van der Waals surface area contributed by atoms with Gasteiger partial charge in [0.2, 0.25) is 0 Å². The molecule has 2 aromatic heterocycles. The van der Waals surface area contributed by atoms with Gasteiger partial charge in [-0.15, -0.1) is 11.3 Å². The van der Waals surface area contributed by atoms with E-state index < -0.39 is 0 Å². The molecule has 0 aliphatic rings. The summed E-state index contributed by atoms with van der Waals surface area (Å²) in [6.07, 6.45) is 1.08. The minimum atomic E-state index is 0.643. The second-order valence-corrected chi connectivity index (χ2v) is 7.22. The van der Waals surface area contributed by atoms with E-state index in [1.807, 2.05) is 6.92 Å². The summed E-state index contributed by atoms with van der Waals surface area (Å²) in [5.41, 5.74) is 1.39. The first-order valence-electron chi connectivity index (χ1n) is 7.49. The zero-order chi connectivity index (χ0) is 15.6. The first-order chi connectivity index (χ1) is 9.88. The third-order valence-corrected chi connectivity index (χ3v) is 4.40. The van der Waals surface area contributed by atoms with E-state index in [9.17, 15) is 0 Å². The van der Waals surface area contributed by atoms with Crippen LogP contribution in [0.15, 0.2) is 5.38 Å². The summed E-state index contributed by atoms with van der Waals surface area (Å²) in [6.45, 7) is 8.48. The number of hydrogen-bond donors (Lipinski definition) is 0. The molecule has 2 rings (SSSR count). The van der Waals surface area contributed by atoms with Crippen LogP contribution in [0.5, 0.6) is 0 Å². The molecule has 21 heavy (non-hydrogen) atoms. The molecule has 0 saturated heterocycles. The summed E-state index contributed by atoms with van der Waals surface area (Å²) in [5.74, 6) is 2.58. The monoisotopic (exact) mass is 306 g/mol. The summed E-state index contributed by atoms with van der Waals surface area (Å²) >= 11 is 1.74. The van der Waals surface area contributed by atoms with E-state index in [2.05, 4.69) is 55.2 Å². The Kier molecular flexibility index (Phi) is 5.17. The summed E-state index contributed by atoms with van der Waals surface area (Å²) in [7, 11) is 6.33. The van der Waals surface area contributed by atoms with Crippen molar-refractivity contribution in [2.75, 3.05) is 39.1 Å². The highest BCUT2D eigenvalue weighted by atomic mass is 32.1. The third-order valence-electron chi connectivity index (χ3n) is 3.47. The molecule has 0 aromatic carbocycles. The van der Waals surface area contributed by atoms with Crippen LogP contribution in [-0.4, -0.2) is 49.1 Å². The quantitative estimate of drug-likeness (QED) is 0.820. The van der Waals surface area contributed by atoms with Gasteiger partial charge in [-0.3, -0.25) is 0 Å². The molecule has 0 amide bonds. The van der Waals surface area contributed by atoms with E-state index in [-0.39, 0.29) is 0 Å². The van der Waals surface area contributed by atoms with E-state index in [0.717, 1.165) is 36.0 Å². The van der Waals surface area contributed by atoms with Crippen molar-refractivity contribution in [3.8, 4) is 0 Å². The number of aryl methyl sites for hydroxylation is 1. The van der Waals surface area contributed by atoms with Crippen molar-refractivity contribution in [1.82, 2.24) is 14.9 Å². The van der Waals surface area contributed by atoms with Crippen LogP contribution in [0.1, 0.15) is 25.2 Å². The third kappa shape index (κ3) is 3.92. The van der Waals surface area contributed by atoms with Crippen molar-refractivity contribution in [1.29, 1.82) is 0 Å². The molecule has 0 spiro atoms. The minimum Gasteiger partial charge on any atom is -0.358 e. The molecule has 0 aliphatic carbocycles. The van der Waals surface area contributed by atoms with Gasteiger partial charge in [0, 0.05) is 20.1 Å². The number of hydrogen-bond acceptors (Lipinski definition) is 5.